The van der Waals surface area contributed by atoms with Crippen LogP contribution >= 0.6 is 0 Å². The monoisotopic (exact) mass is 567 g/mol. The summed E-state index contributed by atoms with van der Waals surface area (Å²) in [5, 5.41) is 24.0. The quantitative estimate of drug-likeness (QED) is 0.174. The number of likely N-dealkylation sites (tertiary alicyclic amines) is 1. The molecule has 43 heavy (non-hydrogen) atoms. The molecule has 1 aliphatic heterocycles. The standard InChI is InChI=1S/C36H33N5O2/c37-23-27-9-7-8-26(20-27)21-33(42)38-30-16-17-32-31(22-30)34(36(43)40-32)35(28-10-3-1-4-11-28)39-29-14-12-25(13-15-29)24-41-18-5-2-6-19-41/h1,3-4,7-17,20,22,40,43H,2,5-6,18-19,21,24H2,(H,38,42). The number of nitrogens with zero attached hydrogens (tertiary/aromatic N) is 3. The summed E-state index contributed by atoms with van der Waals surface area (Å²) >= 11 is 0. The van der Waals surface area contributed by atoms with Gasteiger partial charge in [0.1, 0.15) is 0 Å². The zero-order chi connectivity index (χ0) is 29.6. The van der Waals surface area contributed by atoms with Crippen molar-refractivity contribution >= 4 is 33.9 Å². The van der Waals surface area contributed by atoms with Crippen molar-refractivity contribution in [2.24, 2.45) is 4.99 Å². The van der Waals surface area contributed by atoms with E-state index in [4.69, 9.17) is 10.3 Å². The minimum Gasteiger partial charge on any atom is -0.494 e. The fourth-order valence-electron chi connectivity index (χ4n) is 5.68. The lowest BCUT2D eigenvalue weighted by Gasteiger charge is -2.26. The van der Waals surface area contributed by atoms with Crippen LogP contribution in [-0.2, 0) is 17.8 Å². The number of aromatic hydroxyl groups is 1. The topological polar surface area (TPSA) is 105 Å². The van der Waals surface area contributed by atoms with Crippen LogP contribution in [-0.4, -0.2) is 39.7 Å². The number of aromatic amines is 1. The van der Waals surface area contributed by atoms with Crippen molar-refractivity contribution in [2.45, 2.75) is 32.2 Å². The number of nitrogens with one attached hydrogen (secondary N) is 2. The van der Waals surface area contributed by atoms with Crippen LogP contribution in [0.15, 0.2) is 102 Å². The zero-order valence-electron chi connectivity index (χ0n) is 23.9. The average molecular weight is 568 g/mol. The molecule has 1 aromatic heterocycles. The molecule has 3 N–H and O–H groups in total. The lowest BCUT2D eigenvalue weighted by molar-refractivity contribution is -0.115. The van der Waals surface area contributed by atoms with E-state index in [0.717, 1.165) is 47.4 Å². The van der Waals surface area contributed by atoms with Crippen LogP contribution in [0, 0.1) is 11.3 Å². The maximum atomic E-state index is 12.9. The largest absolute Gasteiger partial charge is 0.494 e. The number of piperidine rings is 1. The van der Waals surface area contributed by atoms with Crippen LogP contribution in [0.1, 0.15) is 47.1 Å². The first kappa shape index (κ1) is 28.0. The van der Waals surface area contributed by atoms with Gasteiger partial charge < -0.3 is 15.4 Å². The van der Waals surface area contributed by atoms with Gasteiger partial charge in [0, 0.05) is 28.7 Å². The maximum Gasteiger partial charge on any atom is 0.228 e. The number of hydrogen-bond donors (Lipinski definition) is 3. The Labute approximate surface area is 251 Å². The molecule has 7 heteroatoms. The van der Waals surface area contributed by atoms with Crippen LogP contribution in [0.3, 0.4) is 0 Å². The second-order valence-corrected chi connectivity index (χ2v) is 11.0. The Morgan fingerprint density at radius 2 is 1.70 bits per heavy atom. The predicted molar refractivity (Wildman–Crippen MR) is 171 cm³/mol. The van der Waals surface area contributed by atoms with Gasteiger partial charge in [0.05, 0.1) is 35.0 Å². The third-order valence-corrected chi connectivity index (χ3v) is 7.80. The Bertz CT molecular complexity index is 1810. The summed E-state index contributed by atoms with van der Waals surface area (Å²) in [6.45, 7) is 3.24. The van der Waals surface area contributed by atoms with Gasteiger partial charge in [-0.2, -0.15) is 5.26 Å². The predicted octanol–water partition coefficient (Wildman–Crippen LogP) is 7.08. The third kappa shape index (κ3) is 6.66. The molecule has 6 rings (SSSR count). The molecule has 1 saturated heterocycles. The van der Waals surface area contributed by atoms with Gasteiger partial charge in [-0.15, -0.1) is 0 Å². The van der Waals surface area contributed by atoms with E-state index >= 15 is 0 Å². The highest BCUT2D eigenvalue weighted by atomic mass is 16.3. The van der Waals surface area contributed by atoms with Gasteiger partial charge >= 0.3 is 0 Å². The number of carbonyl (C=O) groups excluding carboxylic acids is 1. The molecule has 7 nitrogen and oxygen atoms in total. The summed E-state index contributed by atoms with van der Waals surface area (Å²) in [5.41, 5.74) is 6.72. The molecule has 214 valence electrons. The van der Waals surface area contributed by atoms with Gasteiger partial charge in [-0.05, 0) is 79.5 Å². The molecule has 4 aromatic carbocycles. The molecule has 0 spiro atoms. The number of anilines is 1. The van der Waals surface area contributed by atoms with Crippen molar-refractivity contribution in [3.63, 3.8) is 0 Å². The zero-order valence-corrected chi connectivity index (χ0v) is 23.9. The van der Waals surface area contributed by atoms with Crippen LogP contribution in [0.4, 0.5) is 11.4 Å². The van der Waals surface area contributed by atoms with E-state index in [0.29, 0.717) is 22.5 Å². The molecule has 5 aromatic rings. The van der Waals surface area contributed by atoms with Crippen molar-refractivity contribution in [3.8, 4) is 11.9 Å². The van der Waals surface area contributed by atoms with E-state index in [1.807, 2.05) is 60.7 Å². The summed E-state index contributed by atoms with van der Waals surface area (Å²) in [6.07, 6.45) is 3.99. The summed E-state index contributed by atoms with van der Waals surface area (Å²) < 4.78 is 0. The smallest absolute Gasteiger partial charge is 0.228 e. The van der Waals surface area contributed by atoms with E-state index in [-0.39, 0.29) is 18.2 Å². The molecule has 2 heterocycles. The van der Waals surface area contributed by atoms with Crippen molar-refractivity contribution in [1.82, 2.24) is 9.88 Å². The Kier molecular flexibility index (Phi) is 8.30. The number of rotatable bonds is 8. The van der Waals surface area contributed by atoms with E-state index < -0.39 is 0 Å². The van der Waals surface area contributed by atoms with Crippen LogP contribution in [0.25, 0.3) is 10.9 Å². The molecular weight excluding hydrogens is 534 g/mol. The van der Waals surface area contributed by atoms with Gasteiger partial charge in [0.2, 0.25) is 5.91 Å². The van der Waals surface area contributed by atoms with Crippen LogP contribution in [0.5, 0.6) is 5.88 Å². The fourth-order valence-corrected chi connectivity index (χ4v) is 5.68. The van der Waals surface area contributed by atoms with E-state index in [1.54, 1.807) is 24.3 Å². The lowest BCUT2D eigenvalue weighted by Crippen LogP contribution is -2.28. The minimum absolute atomic E-state index is 0.0103. The molecule has 1 amide bonds. The van der Waals surface area contributed by atoms with E-state index in [1.165, 1.54) is 24.8 Å². The molecule has 0 unspecified atom stereocenters. The van der Waals surface area contributed by atoms with Crippen molar-refractivity contribution in [2.75, 3.05) is 18.4 Å². The number of benzene rings is 4. The molecule has 0 aliphatic carbocycles. The maximum absolute atomic E-state index is 12.9. The average Bonchev–Trinajstić information content (AvgIpc) is 3.36. The SMILES string of the molecule is N#Cc1cccc(CC(=O)Nc2ccc3[nH]c(O)c(C(=Nc4ccc(CN5CCCCC5)cc4)c4ccccc4)c3c2)c1. The third-order valence-electron chi connectivity index (χ3n) is 7.80. The highest BCUT2D eigenvalue weighted by molar-refractivity contribution is 6.22. The normalized spacial score (nSPS) is 14.0. The molecule has 0 saturated carbocycles. The first-order chi connectivity index (χ1) is 21.1. The van der Waals surface area contributed by atoms with Crippen molar-refractivity contribution < 1.29 is 9.90 Å². The second-order valence-electron chi connectivity index (χ2n) is 11.0. The van der Waals surface area contributed by atoms with Gasteiger partial charge in [-0.3, -0.25) is 9.69 Å². The van der Waals surface area contributed by atoms with Gasteiger partial charge in [0.25, 0.3) is 0 Å². The van der Waals surface area contributed by atoms with Crippen molar-refractivity contribution in [1.29, 1.82) is 5.26 Å². The summed E-state index contributed by atoms with van der Waals surface area (Å²) in [4.78, 5) is 23.5. The Balaban J connectivity index is 1.31. The Hall–Kier alpha value is -5.19. The first-order valence-electron chi connectivity index (χ1n) is 14.6. The number of H-pyrrole nitrogens is 1. The lowest BCUT2D eigenvalue weighted by atomic mass is 10.0. The molecule has 0 radical (unpaired) electrons. The number of amides is 1. The van der Waals surface area contributed by atoms with E-state index in [2.05, 4.69) is 33.4 Å². The molecule has 0 bridgehead atoms. The number of nitriles is 1. The molecule has 1 aliphatic rings. The summed E-state index contributed by atoms with van der Waals surface area (Å²) in [6, 6.07) is 32.7. The number of hydrogen-bond acceptors (Lipinski definition) is 5. The van der Waals surface area contributed by atoms with Gasteiger partial charge in [-0.25, -0.2) is 4.99 Å². The van der Waals surface area contributed by atoms with Crippen LogP contribution in [0.2, 0.25) is 0 Å². The number of aliphatic imine (C=N–C) groups is 1. The number of carbonyl (C=O) groups is 1. The van der Waals surface area contributed by atoms with Crippen LogP contribution < -0.4 is 5.32 Å². The van der Waals surface area contributed by atoms with E-state index in [9.17, 15) is 9.90 Å². The fraction of sp³-hybridized carbons (Fsp3) is 0.194. The molecular formula is C36H33N5O2. The Morgan fingerprint density at radius 3 is 2.47 bits per heavy atom. The first-order valence-corrected chi connectivity index (χ1v) is 14.6. The highest BCUT2D eigenvalue weighted by Crippen LogP contribution is 2.33. The number of aromatic nitrogens is 1. The number of fused-ring (bicyclic) bond motifs is 1. The molecule has 1 fully saturated rings. The summed E-state index contributed by atoms with van der Waals surface area (Å²) in [5.74, 6) is -0.187. The highest BCUT2D eigenvalue weighted by Gasteiger charge is 2.20. The van der Waals surface area contributed by atoms with Crippen molar-refractivity contribution in [3.05, 3.63) is 125 Å². The second kappa shape index (κ2) is 12.8. The van der Waals surface area contributed by atoms with Gasteiger partial charge in [0.15, 0.2) is 5.88 Å². The Morgan fingerprint density at radius 1 is 0.907 bits per heavy atom. The van der Waals surface area contributed by atoms with Gasteiger partial charge in [-0.1, -0.05) is 61.0 Å². The summed E-state index contributed by atoms with van der Waals surface area (Å²) in [7, 11) is 0. The minimum atomic E-state index is -0.197. The molecule has 0 atom stereocenters.